The Hall–Kier alpha value is -2.53. The van der Waals surface area contributed by atoms with Crippen LogP contribution in [0.15, 0.2) is 42.5 Å². The van der Waals surface area contributed by atoms with Crippen molar-refractivity contribution in [2.45, 2.75) is 20.0 Å². The highest BCUT2D eigenvalue weighted by atomic mass is 35.5. The molecule has 2 aromatic carbocycles. The second-order valence-corrected chi connectivity index (χ2v) is 5.47. The number of carbonyl (C=O) groups excluding carboxylic acids is 1. The fourth-order valence-electron chi connectivity index (χ4n) is 1.89. The van der Waals surface area contributed by atoms with E-state index >= 15 is 0 Å². The van der Waals surface area contributed by atoms with Crippen LogP contribution in [0.4, 0.5) is 0 Å². The summed E-state index contributed by atoms with van der Waals surface area (Å²) < 4.78 is 10.7. The zero-order valence-electron chi connectivity index (χ0n) is 12.6. The number of hydrogen-bond acceptors (Lipinski definition) is 4. The Kier molecular flexibility index (Phi) is 5.24. The number of ether oxygens (including phenoxy) is 2. The van der Waals surface area contributed by atoms with Gasteiger partial charge >= 0.3 is 11.9 Å². The molecule has 1 N–H and O–H groups in total. The number of benzene rings is 2. The van der Waals surface area contributed by atoms with E-state index in [1.165, 1.54) is 18.2 Å². The first-order chi connectivity index (χ1) is 10.9. The lowest BCUT2D eigenvalue weighted by Crippen LogP contribution is -2.12. The van der Waals surface area contributed by atoms with E-state index in [0.29, 0.717) is 5.75 Å². The molecule has 0 atom stereocenters. The van der Waals surface area contributed by atoms with Crippen molar-refractivity contribution in [2.24, 2.45) is 0 Å². The number of halogens is 1. The van der Waals surface area contributed by atoms with E-state index in [1.807, 2.05) is 13.8 Å². The van der Waals surface area contributed by atoms with E-state index in [9.17, 15) is 9.59 Å². The maximum atomic E-state index is 12.2. The van der Waals surface area contributed by atoms with Gasteiger partial charge in [-0.1, -0.05) is 17.7 Å². The third-order valence-corrected chi connectivity index (χ3v) is 3.05. The number of esters is 1. The summed E-state index contributed by atoms with van der Waals surface area (Å²) in [5, 5.41) is 9.39. The number of hydrogen-bond donors (Lipinski definition) is 1. The van der Waals surface area contributed by atoms with Crippen molar-refractivity contribution in [1.82, 2.24) is 0 Å². The SMILES string of the molecule is CC(C)Oc1cccc(C(=O)Oc2ccc(Cl)cc2C(=O)O)c1. The van der Waals surface area contributed by atoms with Gasteiger partial charge in [0.15, 0.2) is 0 Å². The zero-order chi connectivity index (χ0) is 17.0. The summed E-state index contributed by atoms with van der Waals surface area (Å²) in [6.45, 7) is 3.75. The number of carbonyl (C=O) groups is 2. The molecule has 0 bridgehead atoms. The van der Waals surface area contributed by atoms with Gasteiger partial charge in [-0.2, -0.15) is 0 Å². The Labute approximate surface area is 138 Å². The quantitative estimate of drug-likeness (QED) is 0.659. The van der Waals surface area contributed by atoms with Crippen molar-refractivity contribution in [3.8, 4) is 11.5 Å². The monoisotopic (exact) mass is 334 g/mol. The van der Waals surface area contributed by atoms with Gasteiger partial charge in [0.25, 0.3) is 0 Å². The Balaban J connectivity index is 2.24. The molecule has 0 aliphatic carbocycles. The van der Waals surface area contributed by atoms with Crippen LogP contribution >= 0.6 is 11.6 Å². The summed E-state index contributed by atoms with van der Waals surface area (Å²) in [6, 6.07) is 10.5. The summed E-state index contributed by atoms with van der Waals surface area (Å²) in [6.07, 6.45) is -0.0313. The zero-order valence-corrected chi connectivity index (χ0v) is 13.3. The highest BCUT2D eigenvalue weighted by molar-refractivity contribution is 6.31. The number of aromatic carboxylic acids is 1. The molecule has 0 saturated carbocycles. The molecule has 23 heavy (non-hydrogen) atoms. The first-order valence-electron chi connectivity index (χ1n) is 6.88. The molecule has 0 unspecified atom stereocenters. The van der Waals surface area contributed by atoms with E-state index in [0.717, 1.165) is 0 Å². The first kappa shape index (κ1) is 16.8. The van der Waals surface area contributed by atoms with Crippen LogP contribution in [-0.2, 0) is 0 Å². The summed E-state index contributed by atoms with van der Waals surface area (Å²) >= 11 is 5.76. The lowest BCUT2D eigenvalue weighted by atomic mass is 10.2. The third kappa shape index (κ3) is 4.47. The molecule has 0 aliphatic rings. The third-order valence-electron chi connectivity index (χ3n) is 2.82. The van der Waals surface area contributed by atoms with Crippen molar-refractivity contribution in [3.05, 3.63) is 58.6 Å². The molecule has 0 spiro atoms. The van der Waals surface area contributed by atoms with Gasteiger partial charge in [-0.15, -0.1) is 0 Å². The van der Waals surface area contributed by atoms with Crippen molar-refractivity contribution in [2.75, 3.05) is 0 Å². The Bertz CT molecular complexity index is 740. The number of carboxylic acid groups (broad SMARTS) is 1. The molecule has 0 heterocycles. The smallest absolute Gasteiger partial charge is 0.343 e. The number of rotatable bonds is 5. The van der Waals surface area contributed by atoms with Gasteiger partial charge in [-0.3, -0.25) is 0 Å². The van der Waals surface area contributed by atoms with E-state index in [4.69, 9.17) is 26.2 Å². The maximum Gasteiger partial charge on any atom is 0.343 e. The minimum atomic E-state index is -1.23. The van der Waals surface area contributed by atoms with E-state index in [1.54, 1.807) is 24.3 Å². The van der Waals surface area contributed by atoms with Crippen LogP contribution in [-0.4, -0.2) is 23.1 Å². The normalized spacial score (nSPS) is 10.4. The largest absolute Gasteiger partial charge is 0.491 e. The number of carboxylic acids is 1. The van der Waals surface area contributed by atoms with Crippen molar-refractivity contribution in [1.29, 1.82) is 0 Å². The van der Waals surface area contributed by atoms with Crippen molar-refractivity contribution >= 4 is 23.5 Å². The van der Waals surface area contributed by atoms with E-state index in [2.05, 4.69) is 0 Å². The van der Waals surface area contributed by atoms with Crippen LogP contribution in [0.3, 0.4) is 0 Å². The molecular weight excluding hydrogens is 320 g/mol. The van der Waals surface area contributed by atoms with Crippen LogP contribution in [0, 0.1) is 0 Å². The van der Waals surface area contributed by atoms with Gasteiger partial charge in [0.05, 0.1) is 11.7 Å². The standard InChI is InChI=1S/C17H15ClO5/c1-10(2)22-13-5-3-4-11(8-13)17(21)23-15-7-6-12(18)9-14(15)16(19)20/h3-10H,1-2H3,(H,19,20). The Morgan fingerprint density at radius 2 is 1.87 bits per heavy atom. The molecule has 120 valence electrons. The van der Waals surface area contributed by atoms with Crippen LogP contribution < -0.4 is 9.47 Å². The predicted octanol–water partition coefficient (Wildman–Crippen LogP) is 4.04. The maximum absolute atomic E-state index is 12.2. The highest BCUT2D eigenvalue weighted by Crippen LogP contribution is 2.24. The van der Waals surface area contributed by atoms with Crippen LogP contribution in [0.1, 0.15) is 34.6 Å². The van der Waals surface area contributed by atoms with Crippen molar-refractivity contribution < 1.29 is 24.2 Å². The first-order valence-corrected chi connectivity index (χ1v) is 7.26. The topological polar surface area (TPSA) is 72.8 Å². The summed E-state index contributed by atoms with van der Waals surface area (Å²) in [7, 11) is 0. The van der Waals surface area contributed by atoms with Gasteiger partial charge in [0.1, 0.15) is 17.1 Å². The average Bonchev–Trinajstić information content (AvgIpc) is 2.48. The molecule has 2 aromatic rings. The summed E-state index contributed by atoms with van der Waals surface area (Å²) in [4.78, 5) is 23.4. The fourth-order valence-corrected chi connectivity index (χ4v) is 2.06. The molecular formula is C17H15ClO5. The second-order valence-electron chi connectivity index (χ2n) is 5.03. The molecule has 0 fully saturated rings. The van der Waals surface area contributed by atoms with Crippen molar-refractivity contribution in [3.63, 3.8) is 0 Å². The fraction of sp³-hybridized carbons (Fsp3) is 0.176. The minimum Gasteiger partial charge on any atom is -0.491 e. The van der Waals surface area contributed by atoms with Gasteiger partial charge in [0, 0.05) is 5.02 Å². The molecule has 6 heteroatoms. The molecule has 0 aliphatic heterocycles. The average molecular weight is 335 g/mol. The second kappa shape index (κ2) is 7.15. The van der Waals surface area contributed by atoms with Crippen LogP contribution in [0.2, 0.25) is 5.02 Å². The highest BCUT2D eigenvalue weighted by Gasteiger charge is 2.17. The molecule has 0 radical (unpaired) electrons. The summed E-state index contributed by atoms with van der Waals surface area (Å²) in [5.41, 5.74) is 0.0786. The lowest BCUT2D eigenvalue weighted by Gasteiger charge is -2.11. The molecule has 0 amide bonds. The van der Waals surface area contributed by atoms with Gasteiger partial charge in [-0.05, 0) is 50.2 Å². The van der Waals surface area contributed by atoms with E-state index in [-0.39, 0.29) is 28.0 Å². The lowest BCUT2D eigenvalue weighted by molar-refractivity contribution is 0.0681. The van der Waals surface area contributed by atoms with Crippen LogP contribution in [0.25, 0.3) is 0 Å². The van der Waals surface area contributed by atoms with Gasteiger partial charge in [-0.25, -0.2) is 9.59 Å². The molecule has 0 saturated heterocycles. The summed E-state index contributed by atoms with van der Waals surface area (Å²) in [5.74, 6) is -1.44. The molecule has 5 nitrogen and oxygen atoms in total. The Morgan fingerprint density at radius 1 is 1.13 bits per heavy atom. The van der Waals surface area contributed by atoms with Crippen LogP contribution in [0.5, 0.6) is 11.5 Å². The minimum absolute atomic E-state index is 0.0313. The molecule has 0 aromatic heterocycles. The van der Waals surface area contributed by atoms with E-state index < -0.39 is 11.9 Å². The van der Waals surface area contributed by atoms with Gasteiger partial charge in [0.2, 0.25) is 0 Å². The Morgan fingerprint density at radius 3 is 2.52 bits per heavy atom. The molecule has 2 rings (SSSR count). The predicted molar refractivity (Wildman–Crippen MR) is 85.6 cm³/mol. The van der Waals surface area contributed by atoms with Gasteiger partial charge < -0.3 is 14.6 Å².